The SMILES string of the molecule is COc1ccccc1-c1nnc2ccc(OCCNC(=O)c3cccc([N+](=O)[O-])c3)nn12. The van der Waals surface area contributed by atoms with Gasteiger partial charge in [-0.1, -0.05) is 18.2 Å². The molecule has 0 saturated heterocycles. The highest BCUT2D eigenvalue weighted by Crippen LogP contribution is 2.28. The maximum Gasteiger partial charge on any atom is 0.270 e. The molecule has 1 N–H and O–H groups in total. The van der Waals surface area contributed by atoms with Gasteiger partial charge in [-0.15, -0.1) is 15.3 Å². The molecule has 0 fully saturated rings. The quantitative estimate of drug-likeness (QED) is 0.254. The van der Waals surface area contributed by atoms with E-state index in [9.17, 15) is 14.9 Å². The van der Waals surface area contributed by atoms with Crippen molar-refractivity contribution in [2.75, 3.05) is 20.3 Å². The number of rotatable bonds is 8. The Morgan fingerprint density at radius 2 is 1.97 bits per heavy atom. The van der Waals surface area contributed by atoms with Gasteiger partial charge in [0.25, 0.3) is 11.6 Å². The first-order valence-corrected chi connectivity index (χ1v) is 9.58. The van der Waals surface area contributed by atoms with Crippen molar-refractivity contribution < 1.29 is 19.2 Å². The smallest absolute Gasteiger partial charge is 0.270 e. The second-order valence-corrected chi connectivity index (χ2v) is 6.58. The molecule has 2 heterocycles. The monoisotopic (exact) mass is 434 g/mol. The molecule has 11 heteroatoms. The second kappa shape index (κ2) is 9.08. The van der Waals surface area contributed by atoms with Crippen LogP contribution in [0.3, 0.4) is 0 Å². The molecule has 162 valence electrons. The molecule has 11 nitrogen and oxygen atoms in total. The number of non-ortho nitro benzene ring substituents is 1. The largest absolute Gasteiger partial charge is 0.496 e. The molecule has 4 rings (SSSR count). The number of para-hydroxylation sites is 1. The summed E-state index contributed by atoms with van der Waals surface area (Å²) >= 11 is 0. The highest BCUT2D eigenvalue weighted by Gasteiger charge is 2.15. The molecule has 2 aromatic heterocycles. The van der Waals surface area contributed by atoms with Gasteiger partial charge >= 0.3 is 0 Å². The topological polar surface area (TPSA) is 134 Å². The predicted molar refractivity (Wildman–Crippen MR) is 114 cm³/mol. The number of ether oxygens (including phenoxy) is 2. The van der Waals surface area contributed by atoms with Crippen molar-refractivity contribution in [3.05, 3.63) is 76.3 Å². The number of hydrogen-bond acceptors (Lipinski definition) is 8. The normalized spacial score (nSPS) is 10.7. The summed E-state index contributed by atoms with van der Waals surface area (Å²) in [6.45, 7) is 0.327. The Kier molecular flexibility index (Phi) is 5.88. The fourth-order valence-electron chi connectivity index (χ4n) is 3.03. The summed E-state index contributed by atoms with van der Waals surface area (Å²) < 4.78 is 12.6. The molecule has 32 heavy (non-hydrogen) atoms. The summed E-state index contributed by atoms with van der Waals surface area (Å²) in [7, 11) is 1.58. The Labute approximate surface area is 181 Å². The van der Waals surface area contributed by atoms with E-state index in [1.54, 1.807) is 23.8 Å². The van der Waals surface area contributed by atoms with Gasteiger partial charge in [-0.2, -0.15) is 4.52 Å². The first-order chi connectivity index (χ1) is 15.6. The van der Waals surface area contributed by atoms with Crippen LogP contribution in [0.1, 0.15) is 10.4 Å². The third kappa shape index (κ3) is 4.31. The summed E-state index contributed by atoms with van der Waals surface area (Å²) in [4.78, 5) is 22.5. The molecule has 0 unspecified atom stereocenters. The van der Waals surface area contributed by atoms with Gasteiger partial charge in [-0.25, -0.2) is 0 Å². The minimum absolute atomic E-state index is 0.144. The van der Waals surface area contributed by atoms with E-state index in [4.69, 9.17) is 9.47 Å². The molecule has 0 bridgehead atoms. The van der Waals surface area contributed by atoms with Crippen LogP contribution < -0.4 is 14.8 Å². The minimum Gasteiger partial charge on any atom is -0.496 e. The van der Waals surface area contributed by atoms with Crippen molar-refractivity contribution in [2.24, 2.45) is 0 Å². The van der Waals surface area contributed by atoms with Gasteiger partial charge in [0.1, 0.15) is 12.4 Å². The number of carbonyl (C=O) groups is 1. The van der Waals surface area contributed by atoms with Gasteiger partial charge in [0, 0.05) is 23.8 Å². The number of aromatic nitrogens is 4. The zero-order valence-electron chi connectivity index (χ0n) is 17.0. The standard InChI is InChI=1S/C21H18N6O5/c1-31-17-8-3-2-7-16(17)20-24-23-18-9-10-19(25-26(18)20)32-12-11-22-21(28)14-5-4-6-15(13-14)27(29)30/h2-10,13H,11-12H2,1H3,(H,22,28). The molecule has 0 aliphatic heterocycles. The molecular formula is C21H18N6O5. The van der Waals surface area contributed by atoms with E-state index >= 15 is 0 Å². The fourth-order valence-corrected chi connectivity index (χ4v) is 3.03. The molecule has 0 radical (unpaired) electrons. The first-order valence-electron chi connectivity index (χ1n) is 9.58. The van der Waals surface area contributed by atoms with Crippen molar-refractivity contribution >= 4 is 17.2 Å². The summed E-state index contributed by atoms with van der Waals surface area (Å²) in [5.74, 6) is 1.02. The van der Waals surface area contributed by atoms with Crippen LogP contribution in [-0.2, 0) is 0 Å². The number of nitrogens with zero attached hydrogens (tertiary/aromatic N) is 5. The Bertz CT molecular complexity index is 1290. The van der Waals surface area contributed by atoms with Crippen LogP contribution >= 0.6 is 0 Å². The molecular weight excluding hydrogens is 416 g/mol. The summed E-state index contributed by atoms with van der Waals surface area (Å²) in [5.41, 5.74) is 1.32. The highest BCUT2D eigenvalue weighted by molar-refractivity contribution is 5.94. The van der Waals surface area contributed by atoms with Crippen molar-refractivity contribution in [2.45, 2.75) is 0 Å². The van der Waals surface area contributed by atoms with Crippen LogP contribution in [-0.4, -0.2) is 50.9 Å². The van der Waals surface area contributed by atoms with Gasteiger partial charge in [0.15, 0.2) is 11.5 Å². The van der Waals surface area contributed by atoms with Gasteiger partial charge < -0.3 is 14.8 Å². The number of fused-ring (bicyclic) bond motifs is 1. The lowest BCUT2D eigenvalue weighted by Gasteiger charge is -2.09. The Balaban J connectivity index is 1.41. The van der Waals surface area contributed by atoms with Crippen LogP contribution in [0.4, 0.5) is 5.69 Å². The van der Waals surface area contributed by atoms with Gasteiger partial charge in [0.05, 0.1) is 24.1 Å². The highest BCUT2D eigenvalue weighted by atomic mass is 16.6. The lowest BCUT2D eigenvalue weighted by atomic mass is 10.2. The van der Waals surface area contributed by atoms with E-state index in [1.807, 2.05) is 24.3 Å². The van der Waals surface area contributed by atoms with Gasteiger partial charge in [-0.3, -0.25) is 14.9 Å². The Morgan fingerprint density at radius 3 is 2.78 bits per heavy atom. The predicted octanol–water partition coefficient (Wildman–Crippen LogP) is 2.52. The van der Waals surface area contributed by atoms with E-state index in [0.717, 1.165) is 5.56 Å². The zero-order valence-corrected chi connectivity index (χ0v) is 17.0. The fraction of sp³-hybridized carbons (Fsp3) is 0.143. The lowest BCUT2D eigenvalue weighted by Crippen LogP contribution is -2.28. The van der Waals surface area contributed by atoms with Crippen LogP contribution in [0.2, 0.25) is 0 Å². The third-order valence-electron chi connectivity index (χ3n) is 4.54. The number of amides is 1. The molecule has 0 aliphatic carbocycles. The van der Waals surface area contributed by atoms with Crippen molar-refractivity contribution in [3.63, 3.8) is 0 Å². The summed E-state index contributed by atoms with van der Waals surface area (Å²) in [5, 5.41) is 26.2. The average Bonchev–Trinajstić information content (AvgIpc) is 3.24. The molecule has 0 aliphatic rings. The number of nitro benzene ring substituents is 1. The van der Waals surface area contributed by atoms with E-state index in [0.29, 0.717) is 23.1 Å². The Morgan fingerprint density at radius 1 is 1.12 bits per heavy atom. The maximum atomic E-state index is 12.2. The molecule has 0 saturated carbocycles. The number of nitro groups is 1. The number of benzene rings is 2. The van der Waals surface area contributed by atoms with Crippen LogP contribution in [0.15, 0.2) is 60.7 Å². The van der Waals surface area contributed by atoms with Crippen LogP contribution in [0.5, 0.6) is 11.6 Å². The molecule has 1 amide bonds. The molecule has 0 spiro atoms. The molecule has 0 atom stereocenters. The van der Waals surface area contributed by atoms with E-state index in [1.165, 1.54) is 24.3 Å². The average molecular weight is 434 g/mol. The van der Waals surface area contributed by atoms with Crippen LogP contribution in [0, 0.1) is 10.1 Å². The van der Waals surface area contributed by atoms with E-state index in [2.05, 4.69) is 20.6 Å². The van der Waals surface area contributed by atoms with E-state index < -0.39 is 10.8 Å². The van der Waals surface area contributed by atoms with Crippen molar-refractivity contribution in [1.82, 2.24) is 25.1 Å². The third-order valence-corrected chi connectivity index (χ3v) is 4.54. The van der Waals surface area contributed by atoms with Crippen LogP contribution in [0.25, 0.3) is 17.0 Å². The van der Waals surface area contributed by atoms with Gasteiger partial charge in [0.2, 0.25) is 5.88 Å². The minimum atomic E-state index is -0.550. The zero-order chi connectivity index (χ0) is 22.5. The lowest BCUT2D eigenvalue weighted by molar-refractivity contribution is -0.384. The number of carbonyl (C=O) groups excluding carboxylic acids is 1. The Hall–Kier alpha value is -4.54. The number of methoxy groups -OCH3 is 1. The second-order valence-electron chi connectivity index (χ2n) is 6.58. The van der Waals surface area contributed by atoms with Crippen molar-refractivity contribution in [1.29, 1.82) is 0 Å². The summed E-state index contributed by atoms with van der Waals surface area (Å²) in [6.07, 6.45) is 0. The first kappa shape index (κ1) is 20.7. The molecule has 2 aromatic carbocycles. The maximum absolute atomic E-state index is 12.2. The number of nitrogens with one attached hydrogen (secondary N) is 1. The van der Waals surface area contributed by atoms with E-state index in [-0.39, 0.29) is 24.4 Å². The molecule has 4 aromatic rings. The van der Waals surface area contributed by atoms with Crippen molar-refractivity contribution in [3.8, 4) is 23.0 Å². The number of hydrogen-bond donors (Lipinski definition) is 1. The van der Waals surface area contributed by atoms with Gasteiger partial charge in [-0.05, 0) is 24.3 Å². The summed E-state index contributed by atoms with van der Waals surface area (Å²) in [6, 6.07) is 16.3.